The maximum atomic E-state index is 13.5. The summed E-state index contributed by atoms with van der Waals surface area (Å²) in [5.41, 5.74) is -0.756. The molecule has 0 bridgehead atoms. The van der Waals surface area contributed by atoms with Gasteiger partial charge >= 0.3 is 5.69 Å². The van der Waals surface area contributed by atoms with Crippen LogP contribution in [0.5, 0.6) is 0 Å². The largest absolute Gasteiger partial charge is 0.379 e. The fourth-order valence-corrected chi connectivity index (χ4v) is 2.98. The van der Waals surface area contributed by atoms with Gasteiger partial charge in [-0.15, -0.1) is 0 Å². The zero-order valence-electron chi connectivity index (χ0n) is 12.1. The van der Waals surface area contributed by atoms with E-state index in [0.717, 1.165) is 37.7 Å². The molecule has 2 rings (SSSR count). The molecule has 1 aromatic rings. The van der Waals surface area contributed by atoms with Crippen LogP contribution in [0.15, 0.2) is 12.1 Å². The second kappa shape index (κ2) is 6.83. The highest BCUT2D eigenvalue weighted by atomic mass is 19.1. The summed E-state index contributed by atoms with van der Waals surface area (Å²) in [4.78, 5) is 10.1. The van der Waals surface area contributed by atoms with Gasteiger partial charge in [0.05, 0.1) is 4.92 Å². The molecule has 0 unspecified atom stereocenters. The first-order valence-corrected chi connectivity index (χ1v) is 7.38. The Balaban J connectivity index is 2.02. The maximum absolute atomic E-state index is 13.5. The molecule has 116 valence electrons. The molecule has 1 aliphatic rings. The smallest absolute Gasteiger partial charge is 0.327 e. The summed E-state index contributed by atoms with van der Waals surface area (Å²) >= 11 is 0. The third-order valence-electron chi connectivity index (χ3n) is 4.34. The van der Waals surface area contributed by atoms with Crippen LogP contribution in [0.25, 0.3) is 0 Å². The monoisotopic (exact) mass is 298 g/mol. The molecule has 6 heteroatoms. The van der Waals surface area contributed by atoms with Crippen molar-refractivity contribution in [3.05, 3.63) is 33.9 Å². The third kappa shape index (κ3) is 3.89. The Hall–Kier alpha value is -1.72. The van der Waals surface area contributed by atoms with Crippen LogP contribution in [-0.2, 0) is 0 Å². The first-order chi connectivity index (χ1) is 10.0. The molecule has 0 radical (unpaired) electrons. The van der Waals surface area contributed by atoms with Gasteiger partial charge in [-0.2, -0.15) is 4.39 Å². The Bertz CT molecular complexity index is 515. The van der Waals surface area contributed by atoms with Crippen LogP contribution in [0.3, 0.4) is 0 Å². The van der Waals surface area contributed by atoms with Gasteiger partial charge in [0.25, 0.3) is 0 Å². The standard InChI is InChI=1S/C15H20F2N2O2/c1-2-10-3-5-11(6-4-10)9-18-14-8-12(16)7-13(17)15(14)19(20)21/h7-8,10-11,18H,2-6,9H2,1H3. The number of rotatable bonds is 5. The Labute approximate surface area is 122 Å². The lowest BCUT2D eigenvalue weighted by molar-refractivity contribution is -0.386. The van der Waals surface area contributed by atoms with Crippen molar-refractivity contribution in [2.75, 3.05) is 11.9 Å². The van der Waals surface area contributed by atoms with Gasteiger partial charge < -0.3 is 5.32 Å². The lowest BCUT2D eigenvalue weighted by Crippen LogP contribution is -2.21. The molecule has 1 aromatic carbocycles. The second-order valence-corrected chi connectivity index (χ2v) is 5.72. The normalized spacial score (nSPS) is 22.0. The number of halogens is 2. The summed E-state index contributed by atoms with van der Waals surface area (Å²) in [5.74, 6) is -0.784. The van der Waals surface area contributed by atoms with Crippen molar-refractivity contribution in [2.45, 2.75) is 39.0 Å². The van der Waals surface area contributed by atoms with E-state index >= 15 is 0 Å². The van der Waals surface area contributed by atoms with Crippen LogP contribution in [0.4, 0.5) is 20.2 Å². The molecule has 0 aromatic heterocycles. The average Bonchev–Trinajstić information content (AvgIpc) is 2.44. The molecular formula is C15H20F2N2O2. The molecule has 1 fully saturated rings. The summed E-state index contributed by atoms with van der Waals surface area (Å²) in [6.07, 6.45) is 5.60. The molecule has 1 aliphatic carbocycles. The van der Waals surface area contributed by atoms with Gasteiger partial charge in [0, 0.05) is 18.7 Å². The number of nitro benzene ring substituents is 1. The predicted molar refractivity (Wildman–Crippen MR) is 77.2 cm³/mol. The van der Waals surface area contributed by atoms with Crippen molar-refractivity contribution in [3.63, 3.8) is 0 Å². The van der Waals surface area contributed by atoms with E-state index in [1.54, 1.807) is 0 Å². The molecule has 0 atom stereocenters. The van der Waals surface area contributed by atoms with E-state index in [0.29, 0.717) is 18.5 Å². The van der Waals surface area contributed by atoms with Crippen LogP contribution in [0, 0.1) is 33.6 Å². The Morgan fingerprint density at radius 1 is 1.24 bits per heavy atom. The lowest BCUT2D eigenvalue weighted by atomic mass is 9.81. The molecular weight excluding hydrogens is 278 g/mol. The maximum Gasteiger partial charge on any atom is 0.327 e. The number of hydrogen-bond acceptors (Lipinski definition) is 3. The molecule has 0 spiro atoms. The summed E-state index contributed by atoms with van der Waals surface area (Å²) < 4.78 is 26.7. The van der Waals surface area contributed by atoms with E-state index in [1.807, 2.05) is 0 Å². The summed E-state index contributed by atoms with van der Waals surface area (Å²) in [6, 6.07) is 1.52. The van der Waals surface area contributed by atoms with E-state index < -0.39 is 22.2 Å². The quantitative estimate of drug-likeness (QED) is 0.643. The predicted octanol–water partition coefficient (Wildman–Crippen LogP) is 4.50. The van der Waals surface area contributed by atoms with E-state index in [2.05, 4.69) is 12.2 Å². The Morgan fingerprint density at radius 3 is 2.43 bits per heavy atom. The number of benzene rings is 1. The summed E-state index contributed by atoms with van der Waals surface area (Å²) in [7, 11) is 0. The minimum absolute atomic E-state index is 0.0740. The number of anilines is 1. The fourth-order valence-electron chi connectivity index (χ4n) is 2.98. The summed E-state index contributed by atoms with van der Waals surface area (Å²) in [6.45, 7) is 2.70. The molecule has 1 saturated carbocycles. The van der Waals surface area contributed by atoms with Crippen LogP contribution >= 0.6 is 0 Å². The second-order valence-electron chi connectivity index (χ2n) is 5.72. The van der Waals surface area contributed by atoms with Gasteiger partial charge in [0.1, 0.15) is 11.5 Å². The third-order valence-corrected chi connectivity index (χ3v) is 4.34. The van der Waals surface area contributed by atoms with E-state index in [-0.39, 0.29) is 5.69 Å². The van der Waals surface area contributed by atoms with E-state index in [9.17, 15) is 18.9 Å². The zero-order valence-corrected chi connectivity index (χ0v) is 12.1. The molecule has 21 heavy (non-hydrogen) atoms. The number of hydrogen-bond donors (Lipinski definition) is 1. The van der Waals surface area contributed by atoms with Gasteiger partial charge in [-0.05, 0) is 24.7 Å². The van der Waals surface area contributed by atoms with Crippen molar-refractivity contribution in [2.24, 2.45) is 11.8 Å². The minimum Gasteiger partial charge on any atom is -0.379 e. The van der Waals surface area contributed by atoms with Gasteiger partial charge in [-0.25, -0.2) is 4.39 Å². The SMILES string of the molecule is CCC1CCC(CNc2cc(F)cc(F)c2[N+](=O)[O-])CC1. The molecule has 0 saturated heterocycles. The highest BCUT2D eigenvalue weighted by Crippen LogP contribution is 2.33. The van der Waals surface area contributed by atoms with Gasteiger partial charge in [-0.1, -0.05) is 26.2 Å². The van der Waals surface area contributed by atoms with Crippen LogP contribution in [0.2, 0.25) is 0 Å². The summed E-state index contributed by atoms with van der Waals surface area (Å²) in [5, 5.41) is 13.7. The highest BCUT2D eigenvalue weighted by molar-refractivity contribution is 5.62. The number of nitrogens with zero attached hydrogens (tertiary/aromatic N) is 1. The molecule has 0 amide bonds. The molecule has 1 N–H and O–H groups in total. The van der Waals surface area contributed by atoms with Crippen LogP contribution in [0.1, 0.15) is 39.0 Å². The van der Waals surface area contributed by atoms with Crippen molar-refractivity contribution in [3.8, 4) is 0 Å². The minimum atomic E-state index is -1.14. The van der Waals surface area contributed by atoms with Crippen molar-refractivity contribution < 1.29 is 13.7 Å². The van der Waals surface area contributed by atoms with Gasteiger partial charge in [0.15, 0.2) is 0 Å². The Morgan fingerprint density at radius 2 is 1.86 bits per heavy atom. The van der Waals surface area contributed by atoms with Crippen molar-refractivity contribution >= 4 is 11.4 Å². The van der Waals surface area contributed by atoms with Crippen LogP contribution in [-0.4, -0.2) is 11.5 Å². The average molecular weight is 298 g/mol. The topological polar surface area (TPSA) is 55.2 Å². The van der Waals surface area contributed by atoms with E-state index in [4.69, 9.17) is 0 Å². The van der Waals surface area contributed by atoms with Gasteiger partial charge in [-0.3, -0.25) is 10.1 Å². The number of nitro groups is 1. The van der Waals surface area contributed by atoms with Gasteiger partial charge in [0.2, 0.25) is 5.82 Å². The van der Waals surface area contributed by atoms with Crippen molar-refractivity contribution in [1.29, 1.82) is 0 Å². The van der Waals surface area contributed by atoms with E-state index in [1.165, 1.54) is 6.42 Å². The van der Waals surface area contributed by atoms with Crippen molar-refractivity contribution in [1.82, 2.24) is 0 Å². The number of nitrogens with one attached hydrogen (secondary N) is 1. The first-order valence-electron chi connectivity index (χ1n) is 7.38. The Kier molecular flexibility index (Phi) is 5.09. The zero-order chi connectivity index (χ0) is 15.4. The fraction of sp³-hybridized carbons (Fsp3) is 0.600. The first kappa shape index (κ1) is 15.7. The molecule has 0 aliphatic heterocycles. The highest BCUT2D eigenvalue weighted by Gasteiger charge is 2.24. The van der Waals surface area contributed by atoms with Crippen LogP contribution < -0.4 is 5.32 Å². The molecule has 4 nitrogen and oxygen atoms in total. The lowest BCUT2D eigenvalue weighted by Gasteiger charge is -2.28. The molecule has 0 heterocycles.